The van der Waals surface area contributed by atoms with Crippen molar-refractivity contribution in [2.45, 2.75) is 20.4 Å². The maximum atomic E-state index is 5.68. The fourth-order valence-corrected chi connectivity index (χ4v) is 2.94. The summed E-state index contributed by atoms with van der Waals surface area (Å²) in [5.74, 6) is 0.891. The fraction of sp³-hybridized carbons (Fsp3) is 0.231. The molecule has 92 valence electrons. The van der Waals surface area contributed by atoms with Gasteiger partial charge in [-0.15, -0.1) is 10.2 Å². The molecule has 1 aromatic carbocycles. The molecular formula is C13H14N4S. The zero-order valence-electron chi connectivity index (χ0n) is 10.3. The van der Waals surface area contributed by atoms with Crippen molar-refractivity contribution >= 4 is 16.3 Å². The summed E-state index contributed by atoms with van der Waals surface area (Å²) < 4.78 is 2.11. The molecule has 0 atom stereocenters. The number of benzene rings is 1. The van der Waals surface area contributed by atoms with Crippen molar-refractivity contribution in [3.63, 3.8) is 0 Å². The molecule has 2 aromatic heterocycles. The average Bonchev–Trinajstić information content (AvgIpc) is 2.92. The first-order valence-corrected chi connectivity index (χ1v) is 6.63. The summed E-state index contributed by atoms with van der Waals surface area (Å²) in [5, 5.41) is 8.52. The number of fused-ring (bicyclic) bond motifs is 1. The number of thiazole rings is 1. The normalized spacial score (nSPS) is 11.3. The molecule has 0 spiro atoms. The standard InChI is InChI=1S/C13H14N4S/c1-8-9(2)18-13-16-15-12(17(8)13)11-5-3-4-10(6-11)7-14/h3-6H,7,14H2,1-2H3. The number of aromatic nitrogens is 3. The monoisotopic (exact) mass is 258 g/mol. The summed E-state index contributed by atoms with van der Waals surface area (Å²) >= 11 is 1.67. The van der Waals surface area contributed by atoms with Gasteiger partial charge in [-0.05, 0) is 25.5 Å². The van der Waals surface area contributed by atoms with Crippen molar-refractivity contribution in [3.8, 4) is 11.4 Å². The molecule has 0 unspecified atom stereocenters. The van der Waals surface area contributed by atoms with E-state index in [-0.39, 0.29) is 0 Å². The Morgan fingerprint density at radius 1 is 1.28 bits per heavy atom. The van der Waals surface area contributed by atoms with Gasteiger partial charge < -0.3 is 5.73 Å². The number of nitrogens with two attached hydrogens (primary N) is 1. The molecule has 0 aliphatic carbocycles. The molecule has 0 saturated heterocycles. The Morgan fingerprint density at radius 3 is 2.89 bits per heavy atom. The lowest BCUT2D eigenvalue weighted by molar-refractivity contribution is 1.05. The summed E-state index contributed by atoms with van der Waals surface area (Å²) in [6.07, 6.45) is 0. The van der Waals surface area contributed by atoms with Gasteiger partial charge in [-0.2, -0.15) is 0 Å². The van der Waals surface area contributed by atoms with Crippen molar-refractivity contribution in [1.29, 1.82) is 0 Å². The van der Waals surface area contributed by atoms with Crippen LogP contribution in [0.25, 0.3) is 16.3 Å². The molecule has 18 heavy (non-hydrogen) atoms. The van der Waals surface area contributed by atoms with Crippen LogP contribution in [0.4, 0.5) is 0 Å². The zero-order valence-corrected chi connectivity index (χ0v) is 11.2. The van der Waals surface area contributed by atoms with Crippen LogP contribution in [0.3, 0.4) is 0 Å². The summed E-state index contributed by atoms with van der Waals surface area (Å²) in [4.78, 5) is 2.22. The predicted molar refractivity (Wildman–Crippen MR) is 73.7 cm³/mol. The van der Waals surface area contributed by atoms with E-state index in [9.17, 15) is 0 Å². The molecule has 0 bridgehead atoms. The molecule has 4 nitrogen and oxygen atoms in total. The van der Waals surface area contributed by atoms with Gasteiger partial charge in [0.15, 0.2) is 5.82 Å². The van der Waals surface area contributed by atoms with Gasteiger partial charge in [0.05, 0.1) is 0 Å². The van der Waals surface area contributed by atoms with Crippen LogP contribution < -0.4 is 5.73 Å². The van der Waals surface area contributed by atoms with Gasteiger partial charge in [0.25, 0.3) is 0 Å². The molecule has 0 radical (unpaired) electrons. The minimum Gasteiger partial charge on any atom is -0.326 e. The lowest BCUT2D eigenvalue weighted by Gasteiger charge is -2.02. The number of rotatable bonds is 2. The van der Waals surface area contributed by atoms with E-state index in [0.29, 0.717) is 6.54 Å². The maximum Gasteiger partial charge on any atom is 0.216 e. The lowest BCUT2D eigenvalue weighted by Crippen LogP contribution is -1.97. The first-order valence-electron chi connectivity index (χ1n) is 5.81. The quantitative estimate of drug-likeness (QED) is 0.768. The highest BCUT2D eigenvalue weighted by Crippen LogP contribution is 2.27. The van der Waals surface area contributed by atoms with Crippen LogP contribution in [-0.4, -0.2) is 14.6 Å². The second-order valence-corrected chi connectivity index (χ2v) is 5.47. The number of nitrogens with zero attached hydrogens (tertiary/aromatic N) is 3. The van der Waals surface area contributed by atoms with Crippen molar-refractivity contribution in [1.82, 2.24) is 14.6 Å². The SMILES string of the molecule is Cc1sc2nnc(-c3cccc(CN)c3)n2c1C. The molecule has 5 heteroatoms. The van der Waals surface area contributed by atoms with E-state index in [2.05, 4.69) is 34.5 Å². The zero-order chi connectivity index (χ0) is 12.7. The average molecular weight is 258 g/mol. The second kappa shape index (κ2) is 4.19. The van der Waals surface area contributed by atoms with E-state index < -0.39 is 0 Å². The topological polar surface area (TPSA) is 56.2 Å². The molecule has 0 fully saturated rings. The Morgan fingerprint density at radius 2 is 2.11 bits per heavy atom. The van der Waals surface area contributed by atoms with Gasteiger partial charge in [-0.1, -0.05) is 29.5 Å². The second-order valence-electron chi connectivity index (χ2n) is 4.29. The van der Waals surface area contributed by atoms with E-state index in [1.807, 2.05) is 18.2 Å². The van der Waals surface area contributed by atoms with Crippen molar-refractivity contribution in [2.75, 3.05) is 0 Å². The van der Waals surface area contributed by atoms with Crippen LogP contribution in [0, 0.1) is 13.8 Å². The van der Waals surface area contributed by atoms with Gasteiger partial charge in [-0.25, -0.2) is 0 Å². The van der Waals surface area contributed by atoms with Crippen molar-refractivity contribution in [3.05, 3.63) is 40.4 Å². The van der Waals surface area contributed by atoms with Gasteiger partial charge in [0, 0.05) is 22.7 Å². The molecule has 3 rings (SSSR count). The summed E-state index contributed by atoms with van der Waals surface area (Å²) in [5.41, 5.74) is 9.05. The van der Waals surface area contributed by atoms with Crippen molar-refractivity contribution in [2.24, 2.45) is 5.73 Å². The first-order chi connectivity index (χ1) is 8.70. The van der Waals surface area contributed by atoms with E-state index in [1.165, 1.54) is 10.6 Å². The van der Waals surface area contributed by atoms with E-state index in [1.54, 1.807) is 11.3 Å². The van der Waals surface area contributed by atoms with Gasteiger partial charge >= 0.3 is 0 Å². The molecule has 0 amide bonds. The van der Waals surface area contributed by atoms with Crippen LogP contribution >= 0.6 is 11.3 Å². The number of hydrogen-bond donors (Lipinski definition) is 1. The summed E-state index contributed by atoms with van der Waals surface area (Å²) in [6, 6.07) is 8.14. The Hall–Kier alpha value is -1.72. The molecule has 2 heterocycles. The Balaban J connectivity index is 2.24. The highest BCUT2D eigenvalue weighted by molar-refractivity contribution is 7.17. The van der Waals surface area contributed by atoms with E-state index in [4.69, 9.17) is 5.73 Å². The van der Waals surface area contributed by atoms with Crippen LogP contribution in [-0.2, 0) is 6.54 Å². The van der Waals surface area contributed by atoms with Gasteiger partial charge in [0.2, 0.25) is 4.96 Å². The first kappa shape index (κ1) is 11.4. The minimum absolute atomic E-state index is 0.539. The predicted octanol–water partition coefficient (Wildman–Crippen LogP) is 2.53. The van der Waals surface area contributed by atoms with Gasteiger partial charge in [0.1, 0.15) is 0 Å². The third kappa shape index (κ3) is 1.63. The molecule has 0 saturated carbocycles. The Bertz CT molecular complexity index is 711. The fourth-order valence-electron chi connectivity index (χ4n) is 2.03. The Labute approximate surface area is 109 Å². The van der Waals surface area contributed by atoms with E-state index in [0.717, 1.165) is 21.9 Å². The molecule has 3 aromatic rings. The maximum absolute atomic E-state index is 5.68. The summed E-state index contributed by atoms with van der Waals surface area (Å²) in [7, 11) is 0. The van der Waals surface area contributed by atoms with Crippen LogP contribution in [0.5, 0.6) is 0 Å². The number of hydrogen-bond acceptors (Lipinski definition) is 4. The molecule has 0 aliphatic heterocycles. The lowest BCUT2D eigenvalue weighted by atomic mass is 10.1. The van der Waals surface area contributed by atoms with Gasteiger partial charge in [-0.3, -0.25) is 4.40 Å². The van der Waals surface area contributed by atoms with Crippen molar-refractivity contribution < 1.29 is 0 Å². The summed E-state index contributed by atoms with van der Waals surface area (Å²) in [6.45, 7) is 4.74. The third-order valence-corrected chi connectivity index (χ3v) is 4.19. The number of aryl methyl sites for hydroxylation is 2. The molecule has 0 aliphatic rings. The Kier molecular flexibility index (Phi) is 2.65. The van der Waals surface area contributed by atoms with Crippen LogP contribution in [0.1, 0.15) is 16.1 Å². The highest BCUT2D eigenvalue weighted by Gasteiger charge is 2.13. The highest BCUT2D eigenvalue weighted by atomic mass is 32.1. The largest absolute Gasteiger partial charge is 0.326 e. The third-order valence-electron chi connectivity index (χ3n) is 3.14. The smallest absolute Gasteiger partial charge is 0.216 e. The molecular weight excluding hydrogens is 244 g/mol. The molecule has 2 N–H and O–H groups in total. The minimum atomic E-state index is 0.539. The van der Waals surface area contributed by atoms with Crippen LogP contribution in [0.15, 0.2) is 24.3 Å². The van der Waals surface area contributed by atoms with Crippen LogP contribution in [0.2, 0.25) is 0 Å². The van der Waals surface area contributed by atoms with E-state index >= 15 is 0 Å².